The van der Waals surface area contributed by atoms with Gasteiger partial charge in [-0.3, -0.25) is 4.79 Å². The van der Waals surface area contributed by atoms with Gasteiger partial charge < -0.3 is 19.3 Å². The molecule has 212 valence electrons. The molecule has 0 radical (unpaired) electrons. The van der Waals surface area contributed by atoms with Gasteiger partial charge in [0.1, 0.15) is 6.61 Å². The maximum atomic E-state index is 10.9. The van der Waals surface area contributed by atoms with Gasteiger partial charge in [0.2, 0.25) is 0 Å². The van der Waals surface area contributed by atoms with Crippen LogP contribution in [0.4, 0.5) is 0 Å². The van der Waals surface area contributed by atoms with E-state index in [2.05, 4.69) is 53.2 Å². The zero-order valence-corrected chi connectivity index (χ0v) is 25.3. The Bertz CT molecular complexity index is 492. The lowest BCUT2D eigenvalue weighted by molar-refractivity contribution is -0.153. The number of carbonyl (C=O) groups excluding carboxylic acids is 1. The predicted octanol–water partition coefficient (Wildman–Crippen LogP) is 7.97. The van der Waals surface area contributed by atoms with E-state index in [9.17, 15) is 4.79 Å². The SMILES string of the molecule is CC(C)(C)C(=O)OCCO.CCCCCCC(C)(CC)C(CCCCC)OCCOCC(C)(C)C. The molecule has 0 aliphatic carbocycles. The van der Waals surface area contributed by atoms with E-state index in [1.54, 1.807) is 20.8 Å². The molecular weight excluding hydrogens is 440 g/mol. The van der Waals surface area contributed by atoms with Gasteiger partial charge in [0.25, 0.3) is 0 Å². The number of unbranched alkanes of at least 4 members (excludes halogenated alkanes) is 5. The van der Waals surface area contributed by atoms with Crippen molar-refractivity contribution in [3.05, 3.63) is 0 Å². The van der Waals surface area contributed by atoms with Gasteiger partial charge in [0.15, 0.2) is 0 Å². The average Bonchev–Trinajstić information content (AvgIpc) is 2.77. The van der Waals surface area contributed by atoms with Gasteiger partial charge in [-0.15, -0.1) is 0 Å². The molecule has 0 aliphatic heterocycles. The number of esters is 1. The van der Waals surface area contributed by atoms with Crippen LogP contribution in [0.3, 0.4) is 0 Å². The van der Waals surface area contributed by atoms with Crippen LogP contribution in [0.5, 0.6) is 0 Å². The van der Waals surface area contributed by atoms with Crippen LogP contribution in [0, 0.1) is 16.2 Å². The smallest absolute Gasteiger partial charge is 0.311 e. The second kappa shape index (κ2) is 20.4. The van der Waals surface area contributed by atoms with Crippen LogP contribution in [0.1, 0.15) is 133 Å². The Hall–Kier alpha value is -0.650. The number of hydrogen-bond acceptors (Lipinski definition) is 5. The summed E-state index contributed by atoms with van der Waals surface area (Å²) in [6.07, 6.45) is 13.3. The minimum Gasteiger partial charge on any atom is -0.463 e. The molecule has 0 heterocycles. The van der Waals surface area contributed by atoms with Crippen molar-refractivity contribution < 1.29 is 24.1 Å². The summed E-state index contributed by atoms with van der Waals surface area (Å²) in [7, 11) is 0. The summed E-state index contributed by atoms with van der Waals surface area (Å²) in [5.74, 6) is -0.276. The molecule has 0 spiro atoms. The molecule has 5 heteroatoms. The Morgan fingerprint density at radius 3 is 1.89 bits per heavy atom. The van der Waals surface area contributed by atoms with Crippen molar-refractivity contribution in [1.82, 2.24) is 0 Å². The van der Waals surface area contributed by atoms with Crippen LogP contribution in [-0.2, 0) is 19.0 Å². The molecule has 0 aromatic carbocycles. The first kappa shape index (κ1) is 36.5. The Morgan fingerprint density at radius 2 is 1.40 bits per heavy atom. The van der Waals surface area contributed by atoms with Crippen molar-refractivity contribution >= 4 is 5.97 Å². The molecule has 5 nitrogen and oxygen atoms in total. The lowest BCUT2D eigenvalue weighted by Gasteiger charge is -2.37. The number of hydrogen-bond donors (Lipinski definition) is 1. The molecule has 0 aromatic heterocycles. The van der Waals surface area contributed by atoms with E-state index in [4.69, 9.17) is 14.6 Å². The van der Waals surface area contributed by atoms with E-state index in [0.29, 0.717) is 11.5 Å². The first-order chi connectivity index (χ1) is 16.3. The lowest BCUT2D eigenvalue weighted by Crippen LogP contribution is -2.35. The fraction of sp³-hybridized carbons (Fsp3) is 0.967. The average molecular weight is 503 g/mol. The topological polar surface area (TPSA) is 65.0 Å². The van der Waals surface area contributed by atoms with Crippen LogP contribution in [0.25, 0.3) is 0 Å². The minimum atomic E-state index is -0.463. The van der Waals surface area contributed by atoms with Gasteiger partial charge in [-0.1, -0.05) is 93.4 Å². The highest BCUT2D eigenvalue weighted by Gasteiger charge is 2.32. The molecule has 0 amide bonds. The molecule has 0 aromatic rings. The number of aliphatic hydroxyl groups excluding tert-OH is 1. The summed E-state index contributed by atoms with van der Waals surface area (Å²) in [6, 6.07) is 0. The van der Waals surface area contributed by atoms with E-state index in [1.165, 1.54) is 64.2 Å². The maximum absolute atomic E-state index is 10.9. The summed E-state index contributed by atoms with van der Waals surface area (Å²) < 4.78 is 16.9. The third-order valence-electron chi connectivity index (χ3n) is 6.27. The molecule has 35 heavy (non-hydrogen) atoms. The highest BCUT2D eigenvalue weighted by atomic mass is 16.5. The Balaban J connectivity index is 0. The van der Waals surface area contributed by atoms with Crippen LogP contribution in [0.2, 0.25) is 0 Å². The molecule has 2 atom stereocenters. The van der Waals surface area contributed by atoms with Crippen LogP contribution in [0.15, 0.2) is 0 Å². The van der Waals surface area contributed by atoms with Crippen LogP contribution in [-0.4, -0.2) is 50.2 Å². The molecule has 1 N–H and O–H groups in total. The largest absolute Gasteiger partial charge is 0.463 e. The highest BCUT2D eigenvalue weighted by Crippen LogP contribution is 2.37. The number of rotatable bonds is 18. The van der Waals surface area contributed by atoms with Crippen molar-refractivity contribution in [3.8, 4) is 0 Å². The van der Waals surface area contributed by atoms with E-state index >= 15 is 0 Å². The first-order valence-electron chi connectivity index (χ1n) is 14.2. The fourth-order valence-corrected chi connectivity index (χ4v) is 3.72. The predicted molar refractivity (Wildman–Crippen MR) is 149 cm³/mol. The van der Waals surface area contributed by atoms with Crippen molar-refractivity contribution in [2.45, 2.75) is 140 Å². The van der Waals surface area contributed by atoms with Crippen molar-refractivity contribution in [3.63, 3.8) is 0 Å². The van der Waals surface area contributed by atoms with Gasteiger partial charge in [-0.25, -0.2) is 0 Å². The van der Waals surface area contributed by atoms with Crippen molar-refractivity contribution in [2.24, 2.45) is 16.2 Å². The van der Waals surface area contributed by atoms with Gasteiger partial charge in [-0.05, 0) is 50.9 Å². The van der Waals surface area contributed by atoms with E-state index in [1.807, 2.05) is 0 Å². The zero-order chi connectivity index (χ0) is 27.4. The molecule has 0 saturated carbocycles. The number of ether oxygens (including phenoxy) is 3. The van der Waals surface area contributed by atoms with Crippen molar-refractivity contribution in [1.29, 1.82) is 0 Å². The summed E-state index contributed by atoms with van der Waals surface area (Å²) in [5, 5.41) is 8.30. The van der Waals surface area contributed by atoms with Crippen molar-refractivity contribution in [2.75, 3.05) is 33.0 Å². The van der Waals surface area contributed by atoms with Crippen LogP contribution < -0.4 is 0 Å². The third-order valence-corrected chi connectivity index (χ3v) is 6.27. The molecule has 0 rings (SSSR count). The van der Waals surface area contributed by atoms with E-state index in [0.717, 1.165) is 19.8 Å². The normalized spacial score (nSPS) is 14.6. The second-order valence-corrected chi connectivity index (χ2v) is 12.4. The van der Waals surface area contributed by atoms with E-state index in [-0.39, 0.29) is 24.6 Å². The zero-order valence-electron chi connectivity index (χ0n) is 25.3. The molecule has 2 unspecified atom stereocenters. The van der Waals surface area contributed by atoms with Gasteiger partial charge >= 0.3 is 5.97 Å². The second-order valence-electron chi connectivity index (χ2n) is 12.4. The molecule has 0 fully saturated rings. The summed E-state index contributed by atoms with van der Waals surface area (Å²) in [6.45, 7) is 23.5. The highest BCUT2D eigenvalue weighted by molar-refractivity contribution is 5.75. The standard InChI is InChI=1S/C23H48O2.C7H14O3/c1-8-11-13-15-17-23(7,10-3)21(16-14-12-9-2)25-19-18-24-20-22(4,5)6;1-7(2,3)6(9)10-5-4-8/h21H,8-20H2,1-7H3;8H,4-5H2,1-3H3. The molecule has 0 aliphatic rings. The lowest BCUT2D eigenvalue weighted by atomic mass is 9.75. The molecule has 0 bridgehead atoms. The van der Waals surface area contributed by atoms with Gasteiger partial charge in [0.05, 0.1) is 37.9 Å². The fourth-order valence-electron chi connectivity index (χ4n) is 3.72. The Morgan fingerprint density at radius 1 is 0.800 bits per heavy atom. The summed E-state index contributed by atoms with van der Waals surface area (Å²) in [4.78, 5) is 10.9. The molecular formula is C30H62O5. The third kappa shape index (κ3) is 21.2. The Kier molecular flexibility index (Phi) is 21.3. The first-order valence-corrected chi connectivity index (χ1v) is 14.2. The summed E-state index contributed by atoms with van der Waals surface area (Å²) in [5.41, 5.74) is 0.0818. The number of carbonyl (C=O) groups is 1. The monoisotopic (exact) mass is 502 g/mol. The molecule has 0 saturated heterocycles. The van der Waals surface area contributed by atoms with E-state index < -0.39 is 5.41 Å². The number of aliphatic hydroxyl groups is 1. The summed E-state index contributed by atoms with van der Waals surface area (Å²) >= 11 is 0. The van der Waals surface area contributed by atoms with Gasteiger partial charge in [-0.2, -0.15) is 0 Å². The maximum Gasteiger partial charge on any atom is 0.311 e. The quantitative estimate of drug-likeness (QED) is 0.152. The van der Waals surface area contributed by atoms with Crippen LogP contribution >= 0.6 is 0 Å². The van der Waals surface area contributed by atoms with Gasteiger partial charge in [0, 0.05) is 0 Å². The minimum absolute atomic E-state index is 0.0934. The Labute approximate surface area is 219 Å².